The molecule has 3 nitrogen and oxygen atoms in total. The lowest BCUT2D eigenvalue weighted by Crippen LogP contribution is -2.37. The van der Waals surface area contributed by atoms with Crippen molar-refractivity contribution in [1.29, 1.82) is 0 Å². The number of rotatable bonds is 14. The van der Waals surface area contributed by atoms with Gasteiger partial charge in [-0.1, -0.05) is 88.6 Å². The third-order valence-electron chi connectivity index (χ3n) is 8.16. The normalized spacial score (nSPS) is 19.3. The standard InChI is InChI=1S/C31H51BrO3/c1-21(2)12-9-13-22(3)14-10-15-23(4)16-11-18-31(8)19-17-27-26(7)29(34-28(33)20-32)24(5)25(6)30(27)35-31/h21-23H,9-20H2,1-8H3/t22-,23-,31-/m1/s1. The zero-order valence-corrected chi connectivity index (χ0v) is 25.4. The third-order valence-corrected chi connectivity index (χ3v) is 8.62. The molecular formula is C31H51BrO3. The molecule has 0 saturated carbocycles. The number of alkyl halides is 1. The van der Waals surface area contributed by atoms with Crippen LogP contribution in [-0.2, 0) is 11.2 Å². The number of benzene rings is 1. The predicted octanol–water partition coefficient (Wildman–Crippen LogP) is 9.43. The first kappa shape index (κ1) is 30.2. The Morgan fingerprint density at radius 1 is 0.914 bits per heavy atom. The average Bonchev–Trinajstić information content (AvgIpc) is 2.79. The molecule has 0 bridgehead atoms. The summed E-state index contributed by atoms with van der Waals surface area (Å²) in [6.45, 7) is 18.0. The van der Waals surface area contributed by atoms with Crippen molar-refractivity contribution in [2.24, 2.45) is 17.8 Å². The van der Waals surface area contributed by atoms with E-state index < -0.39 is 0 Å². The first-order valence-corrected chi connectivity index (χ1v) is 15.2. The molecular weight excluding hydrogens is 500 g/mol. The van der Waals surface area contributed by atoms with Crippen LogP contribution in [0.25, 0.3) is 0 Å². The Morgan fingerprint density at radius 2 is 1.49 bits per heavy atom. The van der Waals surface area contributed by atoms with Crippen LogP contribution in [0.4, 0.5) is 0 Å². The summed E-state index contributed by atoms with van der Waals surface area (Å²) in [5, 5.41) is 0.201. The van der Waals surface area contributed by atoms with Crippen LogP contribution in [0.1, 0.15) is 121 Å². The summed E-state index contributed by atoms with van der Waals surface area (Å²) < 4.78 is 12.3. The van der Waals surface area contributed by atoms with E-state index in [-0.39, 0.29) is 16.9 Å². The molecule has 1 heterocycles. The first-order valence-electron chi connectivity index (χ1n) is 14.1. The van der Waals surface area contributed by atoms with Gasteiger partial charge in [0.15, 0.2) is 0 Å². The maximum atomic E-state index is 11.9. The zero-order valence-electron chi connectivity index (χ0n) is 23.8. The fourth-order valence-corrected chi connectivity index (χ4v) is 5.67. The Bertz CT molecular complexity index is 831. The summed E-state index contributed by atoms with van der Waals surface area (Å²) in [5.74, 6) is 3.97. The highest BCUT2D eigenvalue weighted by atomic mass is 79.9. The van der Waals surface area contributed by atoms with Crippen molar-refractivity contribution in [1.82, 2.24) is 0 Å². The Kier molecular flexibility index (Phi) is 12.1. The van der Waals surface area contributed by atoms with Crippen LogP contribution in [0.5, 0.6) is 11.5 Å². The van der Waals surface area contributed by atoms with Crippen molar-refractivity contribution in [2.75, 3.05) is 5.33 Å². The Labute approximate surface area is 224 Å². The molecule has 1 aliphatic rings. The highest BCUT2D eigenvalue weighted by Crippen LogP contribution is 2.45. The molecule has 4 heteroatoms. The van der Waals surface area contributed by atoms with Crippen LogP contribution in [0.2, 0.25) is 0 Å². The lowest BCUT2D eigenvalue weighted by atomic mass is 9.83. The molecule has 2 rings (SSSR count). The average molecular weight is 552 g/mol. The quantitative estimate of drug-likeness (QED) is 0.131. The van der Waals surface area contributed by atoms with Gasteiger partial charge in [-0.2, -0.15) is 0 Å². The van der Waals surface area contributed by atoms with Gasteiger partial charge in [-0.15, -0.1) is 0 Å². The Balaban J connectivity index is 1.84. The SMILES string of the molecule is Cc1c(C)c2c(c(C)c1OC(=O)CBr)CC[C@@](C)(CCC[C@H](C)CCC[C@H](C)CCCC(C)C)O2. The predicted molar refractivity (Wildman–Crippen MR) is 152 cm³/mol. The van der Waals surface area contributed by atoms with Gasteiger partial charge in [0.1, 0.15) is 22.4 Å². The van der Waals surface area contributed by atoms with Crippen molar-refractivity contribution >= 4 is 21.9 Å². The largest absolute Gasteiger partial charge is 0.487 e. The molecule has 1 aliphatic heterocycles. The van der Waals surface area contributed by atoms with Crippen LogP contribution in [0, 0.1) is 38.5 Å². The number of hydrogen-bond donors (Lipinski definition) is 0. The molecule has 0 aliphatic carbocycles. The molecule has 0 amide bonds. The lowest BCUT2D eigenvalue weighted by Gasteiger charge is -2.38. The maximum Gasteiger partial charge on any atom is 0.321 e. The van der Waals surface area contributed by atoms with Crippen LogP contribution < -0.4 is 9.47 Å². The lowest BCUT2D eigenvalue weighted by molar-refractivity contribution is -0.131. The topological polar surface area (TPSA) is 35.5 Å². The molecule has 0 N–H and O–H groups in total. The van der Waals surface area contributed by atoms with Crippen LogP contribution >= 0.6 is 15.9 Å². The minimum atomic E-state index is -0.258. The number of esters is 1. The number of halogens is 1. The van der Waals surface area contributed by atoms with Gasteiger partial charge in [-0.25, -0.2) is 0 Å². The minimum absolute atomic E-state index is 0.116. The van der Waals surface area contributed by atoms with Crippen molar-refractivity contribution < 1.29 is 14.3 Å². The van der Waals surface area contributed by atoms with Crippen molar-refractivity contribution in [2.45, 2.75) is 132 Å². The van der Waals surface area contributed by atoms with Gasteiger partial charge in [0, 0.05) is 5.56 Å². The second-order valence-electron chi connectivity index (χ2n) is 12.0. The number of fused-ring (bicyclic) bond motifs is 1. The molecule has 0 saturated heterocycles. The van der Waals surface area contributed by atoms with E-state index in [9.17, 15) is 4.79 Å². The van der Waals surface area contributed by atoms with Crippen LogP contribution in [0.15, 0.2) is 0 Å². The molecule has 35 heavy (non-hydrogen) atoms. The fourth-order valence-electron chi connectivity index (χ4n) is 5.55. The molecule has 1 aromatic rings. The summed E-state index contributed by atoms with van der Waals surface area (Å²) in [6, 6.07) is 0. The summed E-state index contributed by atoms with van der Waals surface area (Å²) in [7, 11) is 0. The fraction of sp³-hybridized carbons (Fsp3) is 0.774. The van der Waals surface area contributed by atoms with Gasteiger partial charge < -0.3 is 9.47 Å². The van der Waals surface area contributed by atoms with Gasteiger partial charge in [-0.05, 0) is 87.8 Å². The summed E-state index contributed by atoms with van der Waals surface area (Å²) in [4.78, 5) is 11.9. The molecule has 200 valence electrons. The van der Waals surface area contributed by atoms with E-state index in [1.807, 2.05) is 6.92 Å². The maximum absolute atomic E-state index is 11.9. The van der Waals surface area contributed by atoms with Gasteiger partial charge in [0.25, 0.3) is 0 Å². The number of ether oxygens (including phenoxy) is 2. The zero-order chi connectivity index (χ0) is 26.2. The molecule has 0 radical (unpaired) electrons. The van der Waals surface area contributed by atoms with E-state index >= 15 is 0 Å². The highest BCUT2D eigenvalue weighted by molar-refractivity contribution is 9.09. The van der Waals surface area contributed by atoms with Gasteiger partial charge in [0.2, 0.25) is 0 Å². The Morgan fingerprint density at radius 3 is 2.06 bits per heavy atom. The van der Waals surface area contributed by atoms with Crippen LogP contribution in [-0.4, -0.2) is 16.9 Å². The van der Waals surface area contributed by atoms with E-state index in [0.717, 1.165) is 59.5 Å². The number of hydrogen-bond acceptors (Lipinski definition) is 3. The molecule has 0 spiro atoms. The van der Waals surface area contributed by atoms with Crippen LogP contribution in [0.3, 0.4) is 0 Å². The van der Waals surface area contributed by atoms with Crippen molar-refractivity contribution in [3.8, 4) is 11.5 Å². The van der Waals surface area contributed by atoms with Gasteiger partial charge >= 0.3 is 5.97 Å². The van der Waals surface area contributed by atoms with E-state index in [2.05, 4.69) is 64.4 Å². The first-order chi connectivity index (χ1) is 16.5. The second-order valence-corrected chi connectivity index (χ2v) is 12.6. The molecule has 0 aromatic heterocycles. The monoisotopic (exact) mass is 550 g/mol. The number of carbonyl (C=O) groups is 1. The smallest absolute Gasteiger partial charge is 0.321 e. The van der Waals surface area contributed by atoms with E-state index in [1.54, 1.807) is 0 Å². The molecule has 1 aromatic carbocycles. The molecule has 0 unspecified atom stereocenters. The van der Waals surface area contributed by atoms with E-state index in [0.29, 0.717) is 5.75 Å². The highest BCUT2D eigenvalue weighted by Gasteiger charge is 2.34. The van der Waals surface area contributed by atoms with Crippen molar-refractivity contribution in [3.05, 3.63) is 22.3 Å². The Hall–Kier alpha value is -1.03. The third kappa shape index (κ3) is 9.09. The molecule has 3 atom stereocenters. The van der Waals surface area contributed by atoms with Gasteiger partial charge in [-0.3, -0.25) is 4.79 Å². The second kappa shape index (κ2) is 14.1. The summed E-state index contributed by atoms with van der Waals surface area (Å²) in [5.41, 5.74) is 4.25. The summed E-state index contributed by atoms with van der Waals surface area (Å²) >= 11 is 3.20. The van der Waals surface area contributed by atoms with E-state index in [1.165, 1.54) is 56.9 Å². The number of carbonyl (C=O) groups excluding carboxylic acids is 1. The van der Waals surface area contributed by atoms with E-state index in [4.69, 9.17) is 9.47 Å². The van der Waals surface area contributed by atoms with Gasteiger partial charge in [0.05, 0.1) is 0 Å². The molecule has 0 fully saturated rings. The van der Waals surface area contributed by atoms with Crippen molar-refractivity contribution in [3.63, 3.8) is 0 Å². The minimum Gasteiger partial charge on any atom is -0.487 e. The summed E-state index contributed by atoms with van der Waals surface area (Å²) in [6.07, 6.45) is 13.8.